The van der Waals surface area contributed by atoms with Crippen LogP contribution in [0.15, 0.2) is 42.5 Å². The van der Waals surface area contributed by atoms with Crippen LogP contribution in [0.2, 0.25) is 0 Å². The summed E-state index contributed by atoms with van der Waals surface area (Å²) in [4.78, 5) is 15.0. The first kappa shape index (κ1) is 18.6. The van der Waals surface area contributed by atoms with Crippen molar-refractivity contribution in [3.8, 4) is 0 Å². The van der Waals surface area contributed by atoms with Crippen molar-refractivity contribution in [1.82, 2.24) is 4.90 Å². The Morgan fingerprint density at radius 3 is 2.35 bits per heavy atom. The summed E-state index contributed by atoms with van der Waals surface area (Å²) in [6, 6.07) is 14.4. The van der Waals surface area contributed by atoms with Gasteiger partial charge in [-0.3, -0.25) is 9.69 Å². The monoisotopic (exact) mass is 351 g/mol. The van der Waals surface area contributed by atoms with Crippen LogP contribution < -0.4 is 11.1 Å². The standard InChI is InChI=1S/C22H29N3O/c1-14-10-15(2)21(16(3)11-14)24-22(26)17(4)25-12-19(20(23)13-25)18-8-6-5-7-9-18/h5-11,17,19-20H,12-13,23H2,1-4H3,(H,24,26)/t17?,19-,20+/m0/s1. The van der Waals surface area contributed by atoms with E-state index >= 15 is 0 Å². The first-order valence-electron chi connectivity index (χ1n) is 9.30. The first-order valence-corrected chi connectivity index (χ1v) is 9.30. The highest BCUT2D eigenvalue weighted by molar-refractivity contribution is 5.96. The molecule has 2 aromatic rings. The molecule has 3 N–H and O–H groups in total. The second kappa shape index (κ2) is 7.60. The molecule has 0 aliphatic carbocycles. The summed E-state index contributed by atoms with van der Waals surface area (Å²) in [6.45, 7) is 9.67. The highest BCUT2D eigenvalue weighted by Gasteiger charge is 2.35. The van der Waals surface area contributed by atoms with Gasteiger partial charge in [0.15, 0.2) is 0 Å². The van der Waals surface area contributed by atoms with E-state index in [4.69, 9.17) is 5.73 Å². The van der Waals surface area contributed by atoms with Crippen LogP contribution in [-0.2, 0) is 4.79 Å². The number of hydrogen-bond donors (Lipinski definition) is 2. The van der Waals surface area contributed by atoms with Crippen LogP contribution in [0.5, 0.6) is 0 Å². The number of carbonyl (C=O) groups is 1. The maximum absolute atomic E-state index is 12.8. The van der Waals surface area contributed by atoms with Crippen LogP contribution in [0.25, 0.3) is 0 Å². The maximum atomic E-state index is 12.8. The zero-order chi connectivity index (χ0) is 18.8. The molecule has 1 amide bonds. The van der Waals surface area contributed by atoms with Gasteiger partial charge in [-0.15, -0.1) is 0 Å². The van der Waals surface area contributed by atoms with E-state index in [-0.39, 0.29) is 23.9 Å². The van der Waals surface area contributed by atoms with Gasteiger partial charge in [-0.1, -0.05) is 48.0 Å². The minimum atomic E-state index is -0.213. The minimum absolute atomic E-state index is 0.0287. The predicted molar refractivity (Wildman–Crippen MR) is 107 cm³/mol. The molecule has 138 valence electrons. The van der Waals surface area contributed by atoms with Gasteiger partial charge in [-0.25, -0.2) is 0 Å². The number of rotatable bonds is 4. The van der Waals surface area contributed by atoms with Gasteiger partial charge in [0.25, 0.3) is 0 Å². The van der Waals surface area contributed by atoms with Crippen molar-refractivity contribution in [1.29, 1.82) is 0 Å². The second-order valence-corrected chi connectivity index (χ2v) is 7.57. The van der Waals surface area contributed by atoms with Crippen LogP contribution in [0, 0.1) is 20.8 Å². The highest BCUT2D eigenvalue weighted by Crippen LogP contribution is 2.28. The Morgan fingerprint density at radius 1 is 1.12 bits per heavy atom. The number of aryl methyl sites for hydroxylation is 3. The molecule has 3 rings (SSSR count). The van der Waals surface area contributed by atoms with E-state index in [2.05, 4.69) is 41.4 Å². The fraction of sp³-hybridized carbons (Fsp3) is 0.409. The summed E-state index contributed by atoms with van der Waals surface area (Å²) in [7, 11) is 0. The molecule has 1 saturated heterocycles. The quantitative estimate of drug-likeness (QED) is 0.888. The van der Waals surface area contributed by atoms with Gasteiger partial charge in [0.1, 0.15) is 0 Å². The Balaban J connectivity index is 1.70. The van der Waals surface area contributed by atoms with E-state index < -0.39 is 0 Å². The van der Waals surface area contributed by atoms with E-state index in [1.807, 2.05) is 39.0 Å². The molecule has 4 nitrogen and oxygen atoms in total. The summed E-state index contributed by atoms with van der Waals surface area (Å²) in [5, 5.41) is 3.13. The molecule has 4 heteroatoms. The molecular weight excluding hydrogens is 322 g/mol. The summed E-state index contributed by atoms with van der Waals surface area (Å²) < 4.78 is 0. The van der Waals surface area contributed by atoms with Gasteiger partial charge in [0, 0.05) is 30.7 Å². The summed E-state index contributed by atoms with van der Waals surface area (Å²) in [6.07, 6.45) is 0. The zero-order valence-corrected chi connectivity index (χ0v) is 16.1. The molecule has 0 radical (unpaired) electrons. The number of amides is 1. The summed E-state index contributed by atoms with van der Waals surface area (Å²) in [5.41, 5.74) is 12.0. The highest BCUT2D eigenvalue weighted by atomic mass is 16.2. The van der Waals surface area contributed by atoms with E-state index in [1.165, 1.54) is 11.1 Å². The van der Waals surface area contributed by atoms with E-state index in [0.717, 1.165) is 29.9 Å². The first-order chi connectivity index (χ1) is 12.4. The van der Waals surface area contributed by atoms with Crippen LogP contribution in [-0.4, -0.2) is 36.0 Å². The van der Waals surface area contributed by atoms with Crippen LogP contribution in [0.1, 0.15) is 35.1 Å². The van der Waals surface area contributed by atoms with Crippen molar-refractivity contribution in [2.75, 3.05) is 18.4 Å². The fourth-order valence-corrected chi connectivity index (χ4v) is 4.00. The molecule has 1 unspecified atom stereocenters. The molecule has 1 aliphatic heterocycles. The molecule has 1 aliphatic rings. The van der Waals surface area contributed by atoms with Crippen LogP contribution in [0.4, 0.5) is 5.69 Å². The SMILES string of the molecule is Cc1cc(C)c(NC(=O)C(C)N2C[C@@H](N)[C@H](c3ccccc3)C2)c(C)c1. The third-order valence-corrected chi connectivity index (χ3v) is 5.47. The maximum Gasteiger partial charge on any atom is 0.241 e. The topological polar surface area (TPSA) is 58.4 Å². The lowest BCUT2D eigenvalue weighted by atomic mass is 9.95. The Bertz CT molecular complexity index is 764. The van der Waals surface area contributed by atoms with Crippen molar-refractivity contribution in [3.05, 3.63) is 64.7 Å². The average molecular weight is 351 g/mol. The number of nitrogens with zero attached hydrogens (tertiary/aromatic N) is 1. The number of anilines is 1. The van der Waals surface area contributed by atoms with Gasteiger partial charge < -0.3 is 11.1 Å². The Kier molecular flexibility index (Phi) is 5.44. The molecule has 1 fully saturated rings. The number of likely N-dealkylation sites (tertiary alicyclic amines) is 1. The lowest BCUT2D eigenvalue weighted by Crippen LogP contribution is -2.42. The predicted octanol–water partition coefficient (Wildman–Crippen LogP) is 3.37. The molecule has 3 atom stereocenters. The fourth-order valence-electron chi connectivity index (χ4n) is 4.00. The van der Waals surface area contributed by atoms with Gasteiger partial charge in [0.05, 0.1) is 6.04 Å². The molecule has 26 heavy (non-hydrogen) atoms. The minimum Gasteiger partial charge on any atom is -0.326 e. The second-order valence-electron chi connectivity index (χ2n) is 7.57. The van der Waals surface area contributed by atoms with Gasteiger partial charge in [-0.2, -0.15) is 0 Å². The third kappa shape index (κ3) is 3.81. The van der Waals surface area contributed by atoms with Gasteiger partial charge >= 0.3 is 0 Å². The third-order valence-electron chi connectivity index (χ3n) is 5.47. The normalized spacial score (nSPS) is 21.6. The largest absolute Gasteiger partial charge is 0.326 e. The Labute approximate surface area is 156 Å². The number of hydrogen-bond acceptors (Lipinski definition) is 3. The molecule has 0 bridgehead atoms. The van der Waals surface area contributed by atoms with Crippen LogP contribution in [0.3, 0.4) is 0 Å². The zero-order valence-electron chi connectivity index (χ0n) is 16.1. The van der Waals surface area contributed by atoms with Crippen LogP contribution >= 0.6 is 0 Å². The molecular formula is C22H29N3O. The Morgan fingerprint density at radius 2 is 1.73 bits per heavy atom. The molecule has 1 heterocycles. The number of nitrogens with two attached hydrogens (primary N) is 1. The van der Waals surface area contributed by atoms with Crippen molar-refractivity contribution in [2.24, 2.45) is 5.73 Å². The summed E-state index contributed by atoms with van der Waals surface area (Å²) in [5.74, 6) is 0.301. The van der Waals surface area contributed by atoms with E-state index in [9.17, 15) is 4.79 Å². The Hall–Kier alpha value is -2.17. The van der Waals surface area contributed by atoms with Gasteiger partial charge in [0.2, 0.25) is 5.91 Å². The van der Waals surface area contributed by atoms with Crippen molar-refractivity contribution in [3.63, 3.8) is 0 Å². The number of carbonyl (C=O) groups excluding carboxylic acids is 1. The van der Waals surface area contributed by atoms with E-state index in [1.54, 1.807) is 0 Å². The van der Waals surface area contributed by atoms with Crippen molar-refractivity contribution in [2.45, 2.75) is 45.7 Å². The van der Waals surface area contributed by atoms with Crippen molar-refractivity contribution >= 4 is 11.6 Å². The average Bonchev–Trinajstić information content (AvgIpc) is 2.99. The number of benzene rings is 2. The molecule has 0 saturated carbocycles. The molecule has 0 aromatic heterocycles. The molecule has 2 aromatic carbocycles. The lowest BCUT2D eigenvalue weighted by molar-refractivity contribution is -0.120. The lowest BCUT2D eigenvalue weighted by Gasteiger charge is -2.24. The smallest absolute Gasteiger partial charge is 0.241 e. The van der Waals surface area contributed by atoms with Gasteiger partial charge in [-0.05, 0) is 44.4 Å². The number of nitrogens with one attached hydrogen (secondary N) is 1. The van der Waals surface area contributed by atoms with Crippen molar-refractivity contribution < 1.29 is 4.79 Å². The molecule has 0 spiro atoms. The van der Waals surface area contributed by atoms with E-state index in [0.29, 0.717) is 0 Å². The summed E-state index contributed by atoms with van der Waals surface area (Å²) >= 11 is 0.